The predicted octanol–water partition coefficient (Wildman–Crippen LogP) is 4.97. The van der Waals surface area contributed by atoms with Gasteiger partial charge in [0.15, 0.2) is 0 Å². The van der Waals surface area contributed by atoms with E-state index in [-0.39, 0.29) is 0 Å². The van der Waals surface area contributed by atoms with Gasteiger partial charge in [-0.1, -0.05) is 42.3 Å². The molecule has 0 spiro atoms. The van der Waals surface area contributed by atoms with Crippen molar-refractivity contribution >= 4 is 11.3 Å². The van der Waals surface area contributed by atoms with Crippen molar-refractivity contribution in [3.63, 3.8) is 0 Å². The third-order valence-corrected chi connectivity index (χ3v) is 4.07. The lowest BCUT2D eigenvalue weighted by Gasteiger charge is -2.06. The molecular weight excluding hydrogens is 294 g/mol. The lowest BCUT2D eigenvalue weighted by molar-refractivity contribution is 1.18. The lowest BCUT2D eigenvalue weighted by Crippen LogP contribution is -1.98. The molecule has 0 radical (unpaired) electrons. The summed E-state index contributed by atoms with van der Waals surface area (Å²) in [6.45, 7) is 6.29. The van der Waals surface area contributed by atoms with Gasteiger partial charge >= 0.3 is 0 Å². The Hall–Kier alpha value is -2.81. The number of aryl methyl sites for hydroxylation is 1. The maximum atomic E-state index is 6.24. The van der Waals surface area contributed by atoms with Crippen LogP contribution in [0.5, 0.6) is 0 Å². The Labute approximate surface area is 143 Å². The van der Waals surface area contributed by atoms with Crippen molar-refractivity contribution in [2.45, 2.75) is 27.2 Å². The Balaban J connectivity index is 2.01. The van der Waals surface area contributed by atoms with Crippen molar-refractivity contribution in [2.24, 2.45) is 5.73 Å². The molecule has 0 aliphatic carbocycles. The molecule has 3 rings (SSSR count). The molecule has 2 heterocycles. The van der Waals surface area contributed by atoms with Crippen molar-refractivity contribution in [1.82, 2.24) is 9.38 Å². The van der Waals surface area contributed by atoms with Gasteiger partial charge in [0, 0.05) is 23.0 Å². The van der Waals surface area contributed by atoms with Gasteiger partial charge in [-0.3, -0.25) is 4.40 Å². The Morgan fingerprint density at radius 1 is 1.25 bits per heavy atom. The minimum absolute atomic E-state index is 0.764. The van der Waals surface area contributed by atoms with Crippen LogP contribution in [0.3, 0.4) is 0 Å². The highest BCUT2D eigenvalue weighted by Gasteiger charge is 2.07. The van der Waals surface area contributed by atoms with E-state index in [2.05, 4.69) is 60.5 Å². The minimum atomic E-state index is 0.764. The zero-order valence-electron chi connectivity index (χ0n) is 14.5. The molecule has 0 unspecified atom stereocenters. The van der Waals surface area contributed by atoms with E-state index in [1.165, 1.54) is 16.7 Å². The quantitative estimate of drug-likeness (QED) is 0.691. The summed E-state index contributed by atoms with van der Waals surface area (Å²) >= 11 is 0. The summed E-state index contributed by atoms with van der Waals surface area (Å²) in [4.78, 5) is 4.55. The number of nitrogens with zero attached hydrogens (tertiary/aromatic N) is 2. The fourth-order valence-electron chi connectivity index (χ4n) is 2.89. The molecule has 3 nitrogen and oxygen atoms in total. The van der Waals surface area contributed by atoms with Crippen LogP contribution in [-0.4, -0.2) is 9.38 Å². The highest BCUT2D eigenvalue weighted by atomic mass is 15.0. The molecule has 0 amide bonds. The van der Waals surface area contributed by atoms with Crippen LogP contribution >= 0.6 is 0 Å². The van der Waals surface area contributed by atoms with Crippen molar-refractivity contribution in [2.75, 3.05) is 0 Å². The Bertz CT molecular complexity index is 929. The van der Waals surface area contributed by atoms with E-state index in [4.69, 9.17) is 5.73 Å². The molecule has 0 bridgehead atoms. The summed E-state index contributed by atoms with van der Waals surface area (Å²) in [5.74, 6) is 0. The van der Waals surface area contributed by atoms with E-state index in [9.17, 15) is 0 Å². The fraction of sp³-hybridized carbons (Fsp3) is 0.190. The fourth-order valence-corrected chi connectivity index (χ4v) is 2.89. The molecule has 1 aromatic carbocycles. The van der Waals surface area contributed by atoms with E-state index >= 15 is 0 Å². The van der Waals surface area contributed by atoms with Gasteiger partial charge in [0.05, 0.1) is 11.9 Å². The third kappa shape index (κ3) is 3.25. The number of fused-ring (bicyclic) bond motifs is 1. The molecule has 0 aliphatic heterocycles. The summed E-state index contributed by atoms with van der Waals surface area (Å²) < 4.78 is 2.10. The highest BCUT2D eigenvalue weighted by Crippen LogP contribution is 2.23. The van der Waals surface area contributed by atoms with Gasteiger partial charge in [-0.2, -0.15) is 0 Å². The summed E-state index contributed by atoms with van der Waals surface area (Å²) in [6.07, 6.45) is 9.14. The zero-order valence-corrected chi connectivity index (χ0v) is 14.5. The molecule has 3 aromatic rings. The second-order valence-corrected chi connectivity index (χ2v) is 6.11. The minimum Gasteiger partial charge on any atom is -0.398 e. The molecule has 2 N–H and O–H groups in total. The lowest BCUT2D eigenvalue weighted by atomic mass is 10.1. The number of pyridine rings is 1. The SMILES string of the molecule is CC/C=C(C)\C=C(/N)c1ccn2c(-c3cccc(C)c3)cnc2c1. The highest BCUT2D eigenvalue weighted by molar-refractivity contribution is 5.70. The average molecular weight is 317 g/mol. The van der Waals surface area contributed by atoms with Crippen LogP contribution in [0.25, 0.3) is 22.6 Å². The Morgan fingerprint density at radius 3 is 2.83 bits per heavy atom. The molecule has 0 saturated carbocycles. The van der Waals surface area contributed by atoms with Crippen LogP contribution in [0.2, 0.25) is 0 Å². The molecule has 24 heavy (non-hydrogen) atoms. The number of benzene rings is 1. The maximum Gasteiger partial charge on any atom is 0.137 e. The van der Waals surface area contributed by atoms with Crippen LogP contribution in [-0.2, 0) is 0 Å². The van der Waals surface area contributed by atoms with Gasteiger partial charge in [-0.25, -0.2) is 4.98 Å². The molecule has 0 saturated heterocycles. The van der Waals surface area contributed by atoms with Gasteiger partial charge < -0.3 is 5.73 Å². The second kappa shape index (κ2) is 6.75. The second-order valence-electron chi connectivity index (χ2n) is 6.11. The first kappa shape index (κ1) is 16.1. The third-order valence-electron chi connectivity index (χ3n) is 4.07. The normalized spacial score (nSPS) is 12.8. The van der Waals surface area contributed by atoms with Crippen LogP contribution in [0.4, 0.5) is 0 Å². The van der Waals surface area contributed by atoms with Crippen molar-refractivity contribution in [3.8, 4) is 11.3 Å². The monoisotopic (exact) mass is 317 g/mol. The Kier molecular flexibility index (Phi) is 4.52. The number of aromatic nitrogens is 2. The van der Waals surface area contributed by atoms with Crippen molar-refractivity contribution in [3.05, 3.63) is 77.6 Å². The van der Waals surface area contributed by atoms with Crippen molar-refractivity contribution in [1.29, 1.82) is 0 Å². The maximum absolute atomic E-state index is 6.24. The number of allylic oxidation sites excluding steroid dienone is 3. The molecule has 122 valence electrons. The van der Waals surface area contributed by atoms with Crippen molar-refractivity contribution < 1.29 is 0 Å². The molecule has 2 aromatic heterocycles. The smallest absolute Gasteiger partial charge is 0.137 e. The summed E-state index contributed by atoms with van der Waals surface area (Å²) in [6, 6.07) is 12.5. The van der Waals surface area contributed by atoms with Gasteiger partial charge in [0.1, 0.15) is 5.65 Å². The van der Waals surface area contributed by atoms with Gasteiger partial charge in [0.2, 0.25) is 0 Å². The van der Waals surface area contributed by atoms with Crippen LogP contribution in [0.15, 0.2) is 66.5 Å². The topological polar surface area (TPSA) is 43.3 Å². The van der Waals surface area contributed by atoms with Crippen LogP contribution in [0, 0.1) is 6.92 Å². The summed E-state index contributed by atoms with van der Waals surface area (Å²) in [5.41, 5.74) is 13.6. The van der Waals surface area contributed by atoms with Gasteiger partial charge in [-0.15, -0.1) is 0 Å². The molecule has 3 heteroatoms. The summed E-state index contributed by atoms with van der Waals surface area (Å²) in [7, 11) is 0. The van der Waals surface area contributed by atoms with Gasteiger partial charge in [0.25, 0.3) is 0 Å². The van der Waals surface area contributed by atoms with E-state index in [1.807, 2.05) is 30.6 Å². The number of imidazole rings is 1. The first-order chi connectivity index (χ1) is 11.6. The average Bonchev–Trinajstić information content (AvgIpc) is 2.98. The van der Waals surface area contributed by atoms with Crippen LogP contribution < -0.4 is 5.73 Å². The van der Waals surface area contributed by atoms with E-state index in [0.717, 1.165) is 29.0 Å². The van der Waals surface area contributed by atoms with E-state index < -0.39 is 0 Å². The molecular formula is C21H23N3. The number of rotatable bonds is 4. The van der Waals surface area contributed by atoms with Crippen LogP contribution in [0.1, 0.15) is 31.4 Å². The largest absolute Gasteiger partial charge is 0.398 e. The number of hydrogen-bond acceptors (Lipinski definition) is 2. The predicted molar refractivity (Wildman–Crippen MR) is 102 cm³/mol. The molecule has 0 fully saturated rings. The van der Waals surface area contributed by atoms with E-state index in [0.29, 0.717) is 0 Å². The standard InChI is InChI=1S/C21H23N3/c1-4-6-15(2)12-19(22)17-9-10-24-20(14-23-21(24)13-17)18-8-5-7-16(3)11-18/h5-14H,4,22H2,1-3H3/b15-6-,19-12-. The first-order valence-electron chi connectivity index (χ1n) is 8.27. The summed E-state index contributed by atoms with van der Waals surface area (Å²) in [5, 5.41) is 0. The zero-order chi connectivity index (χ0) is 17.1. The van der Waals surface area contributed by atoms with Gasteiger partial charge in [-0.05, 0) is 44.5 Å². The first-order valence-corrected chi connectivity index (χ1v) is 8.27. The number of hydrogen-bond donors (Lipinski definition) is 1. The molecule has 0 aliphatic rings. The Morgan fingerprint density at radius 2 is 2.08 bits per heavy atom. The molecule has 0 atom stereocenters. The van der Waals surface area contributed by atoms with E-state index in [1.54, 1.807) is 0 Å². The number of nitrogens with two attached hydrogens (primary N) is 1.